The molecule has 4 rings (SSSR count). The summed E-state index contributed by atoms with van der Waals surface area (Å²) in [7, 11) is 0. The molecule has 0 spiro atoms. The Hall–Kier alpha value is -3.44. The molecular weight excluding hydrogens is 400 g/mol. The molecule has 152 valence electrons. The van der Waals surface area contributed by atoms with Crippen LogP contribution in [-0.2, 0) is 6.61 Å². The standard InChI is InChI=1S/C24H21ClN2O3/c1-17(18-8-10-19(11-9-18)27-14-4-5-15-27)26-24(28)23-13-12-20(30-23)16-29-22-7-3-2-6-21(22)25/h2-15,17H,16H2,1H3,(H,26,28). The maximum absolute atomic E-state index is 12.6. The van der Waals surface area contributed by atoms with Crippen LogP contribution in [0.4, 0.5) is 0 Å². The van der Waals surface area contributed by atoms with Crippen LogP contribution in [0.15, 0.2) is 89.6 Å². The van der Waals surface area contributed by atoms with E-state index in [-0.39, 0.29) is 24.3 Å². The minimum Gasteiger partial charge on any atom is -0.484 e. The second-order valence-corrected chi connectivity index (χ2v) is 7.27. The van der Waals surface area contributed by atoms with Crippen molar-refractivity contribution in [2.45, 2.75) is 19.6 Å². The van der Waals surface area contributed by atoms with E-state index in [1.807, 2.05) is 72.4 Å². The first-order valence-corrected chi connectivity index (χ1v) is 9.98. The third kappa shape index (κ3) is 4.58. The highest BCUT2D eigenvalue weighted by molar-refractivity contribution is 6.32. The monoisotopic (exact) mass is 420 g/mol. The van der Waals surface area contributed by atoms with Gasteiger partial charge in [0.05, 0.1) is 11.1 Å². The number of ether oxygens (including phenoxy) is 1. The van der Waals surface area contributed by atoms with E-state index in [9.17, 15) is 4.79 Å². The third-order valence-corrected chi connectivity index (χ3v) is 5.05. The lowest BCUT2D eigenvalue weighted by atomic mass is 10.1. The molecule has 5 nitrogen and oxygen atoms in total. The molecule has 0 aliphatic heterocycles. The Morgan fingerprint density at radius 2 is 1.77 bits per heavy atom. The number of amides is 1. The van der Waals surface area contributed by atoms with Gasteiger partial charge in [-0.05, 0) is 61.0 Å². The molecule has 2 aromatic heterocycles. The topological polar surface area (TPSA) is 56.4 Å². The van der Waals surface area contributed by atoms with Crippen LogP contribution in [0.5, 0.6) is 5.75 Å². The van der Waals surface area contributed by atoms with Gasteiger partial charge in [-0.25, -0.2) is 0 Å². The van der Waals surface area contributed by atoms with E-state index in [1.165, 1.54) is 0 Å². The second-order valence-electron chi connectivity index (χ2n) is 6.86. The smallest absolute Gasteiger partial charge is 0.287 e. The number of rotatable bonds is 7. The molecule has 6 heteroatoms. The zero-order valence-electron chi connectivity index (χ0n) is 16.4. The van der Waals surface area contributed by atoms with E-state index in [1.54, 1.807) is 24.3 Å². The number of aromatic nitrogens is 1. The molecule has 1 amide bonds. The summed E-state index contributed by atoms with van der Waals surface area (Å²) in [5, 5.41) is 3.49. The Morgan fingerprint density at radius 3 is 2.50 bits per heavy atom. The van der Waals surface area contributed by atoms with Gasteiger partial charge in [-0.3, -0.25) is 4.79 Å². The Balaban J connectivity index is 1.35. The van der Waals surface area contributed by atoms with Crippen molar-refractivity contribution in [1.29, 1.82) is 0 Å². The van der Waals surface area contributed by atoms with Gasteiger partial charge in [0.1, 0.15) is 18.1 Å². The fraction of sp³-hybridized carbons (Fsp3) is 0.125. The fourth-order valence-electron chi connectivity index (χ4n) is 3.08. The van der Waals surface area contributed by atoms with E-state index in [0.717, 1.165) is 11.3 Å². The number of hydrogen-bond acceptors (Lipinski definition) is 3. The number of furan rings is 1. The molecule has 0 aliphatic rings. The number of halogens is 1. The molecule has 0 radical (unpaired) electrons. The fourth-order valence-corrected chi connectivity index (χ4v) is 3.27. The highest BCUT2D eigenvalue weighted by atomic mass is 35.5. The first-order chi connectivity index (χ1) is 14.6. The van der Waals surface area contributed by atoms with Gasteiger partial charge in [-0.2, -0.15) is 0 Å². The molecule has 1 unspecified atom stereocenters. The highest BCUT2D eigenvalue weighted by Gasteiger charge is 2.15. The van der Waals surface area contributed by atoms with Crippen molar-refractivity contribution >= 4 is 17.5 Å². The van der Waals surface area contributed by atoms with Crippen LogP contribution in [0.25, 0.3) is 5.69 Å². The van der Waals surface area contributed by atoms with Crippen molar-refractivity contribution in [2.24, 2.45) is 0 Å². The van der Waals surface area contributed by atoms with Crippen LogP contribution in [0, 0.1) is 0 Å². The first-order valence-electron chi connectivity index (χ1n) is 9.60. The molecule has 1 N–H and O–H groups in total. The van der Waals surface area contributed by atoms with Gasteiger partial charge in [0.2, 0.25) is 0 Å². The van der Waals surface area contributed by atoms with Crippen molar-refractivity contribution < 1.29 is 13.9 Å². The minimum absolute atomic E-state index is 0.163. The number of hydrogen-bond donors (Lipinski definition) is 1. The molecule has 1 atom stereocenters. The Bertz CT molecular complexity index is 1120. The van der Waals surface area contributed by atoms with Crippen molar-refractivity contribution in [3.05, 3.63) is 107 Å². The average molecular weight is 421 g/mol. The lowest BCUT2D eigenvalue weighted by molar-refractivity contribution is 0.0907. The molecule has 2 heterocycles. The van der Waals surface area contributed by atoms with Crippen molar-refractivity contribution in [1.82, 2.24) is 9.88 Å². The number of benzene rings is 2. The summed E-state index contributed by atoms with van der Waals surface area (Å²) in [4.78, 5) is 12.6. The van der Waals surface area contributed by atoms with Gasteiger partial charge >= 0.3 is 0 Å². The number of nitrogens with zero attached hydrogens (tertiary/aromatic N) is 1. The molecule has 0 saturated heterocycles. The van der Waals surface area contributed by atoms with Crippen LogP contribution < -0.4 is 10.1 Å². The number of para-hydroxylation sites is 1. The summed E-state index contributed by atoms with van der Waals surface area (Å²) in [6.45, 7) is 2.13. The number of nitrogens with one attached hydrogen (secondary N) is 1. The van der Waals surface area contributed by atoms with Crippen LogP contribution in [0.3, 0.4) is 0 Å². The average Bonchev–Trinajstić information content (AvgIpc) is 3.46. The Kier molecular flexibility index (Phi) is 5.91. The normalized spacial score (nSPS) is 11.8. The lowest BCUT2D eigenvalue weighted by Gasteiger charge is -2.14. The lowest BCUT2D eigenvalue weighted by Crippen LogP contribution is -2.26. The zero-order valence-corrected chi connectivity index (χ0v) is 17.2. The van der Waals surface area contributed by atoms with Gasteiger partial charge in [-0.15, -0.1) is 0 Å². The Labute approximate surface area is 179 Å². The van der Waals surface area contributed by atoms with Crippen LogP contribution >= 0.6 is 11.6 Å². The van der Waals surface area contributed by atoms with Gasteiger partial charge in [0.15, 0.2) is 5.76 Å². The quantitative estimate of drug-likeness (QED) is 0.411. The molecular formula is C24H21ClN2O3. The molecule has 0 fully saturated rings. The summed E-state index contributed by atoms with van der Waals surface area (Å²) in [5.74, 6) is 1.08. The van der Waals surface area contributed by atoms with Crippen molar-refractivity contribution in [3.63, 3.8) is 0 Å². The summed E-state index contributed by atoms with van der Waals surface area (Å²) >= 11 is 6.08. The summed E-state index contributed by atoms with van der Waals surface area (Å²) in [5.41, 5.74) is 2.07. The predicted molar refractivity (Wildman–Crippen MR) is 116 cm³/mol. The van der Waals surface area contributed by atoms with E-state index in [2.05, 4.69) is 5.32 Å². The summed E-state index contributed by atoms with van der Waals surface area (Å²) in [6, 6.07) is 22.4. The maximum atomic E-state index is 12.6. The maximum Gasteiger partial charge on any atom is 0.287 e. The molecule has 4 aromatic rings. The van der Waals surface area contributed by atoms with Crippen LogP contribution in [0.2, 0.25) is 5.02 Å². The van der Waals surface area contributed by atoms with Crippen LogP contribution in [0.1, 0.15) is 34.8 Å². The van der Waals surface area contributed by atoms with Gasteiger partial charge < -0.3 is 19.0 Å². The molecule has 0 bridgehead atoms. The van der Waals surface area contributed by atoms with Crippen molar-refractivity contribution in [3.8, 4) is 11.4 Å². The third-order valence-electron chi connectivity index (χ3n) is 4.74. The zero-order chi connectivity index (χ0) is 20.9. The second kappa shape index (κ2) is 8.93. The highest BCUT2D eigenvalue weighted by Crippen LogP contribution is 2.24. The van der Waals surface area contributed by atoms with Crippen molar-refractivity contribution in [2.75, 3.05) is 0 Å². The molecule has 30 heavy (non-hydrogen) atoms. The number of carbonyl (C=O) groups excluding carboxylic acids is 1. The minimum atomic E-state index is -0.277. The van der Waals surface area contributed by atoms with E-state index < -0.39 is 0 Å². The predicted octanol–water partition coefficient (Wildman–Crippen LogP) is 5.79. The first kappa shape index (κ1) is 19.9. The van der Waals surface area contributed by atoms with E-state index in [0.29, 0.717) is 16.5 Å². The molecule has 2 aromatic carbocycles. The summed E-state index contributed by atoms with van der Waals surface area (Å²) < 4.78 is 13.3. The Morgan fingerprint density at radius 1 is 1.03 bits per heavy atom. The molecule has 0 saturated carbocycles. The van der Waals surface area contributed by atoms with Crippen LogP contribution in [-0.4, -0.2) is 10.5 Å². The largest absolute Gasteiger partial charge is 0.484 e. The van der Waals surface area contributed by atoms with Gasteiger partial charge in [0, 0.05) is 18.1 Å². The van der Waals surface area contributed by atoms with E-state index in [4.69, 9.17) is 20.8 Å². The SMILES string of the molecule is CC(NC(=O)c1ccc(COc2ccccc2Cl)o1)c1ccc(-n2cccc2)cc1. The van der Waals surface area contributed by atoms with E-state index >= 15 is 0 Å². The number of carbonyl (C=O) groups is 1. The molecule has 0 aliphatic carbocycles. The van der Waals surface area contributed by atoms with Gasteiger partial charge in [0.25, 0.3) is 5.91 Å². The summed E-state index contributed by atoms with van der Waals surface area (Å²) in [6.07, 6.45) is 3.98. The van der Waals surface area contributed by atoms with Gasteiger partial charge in [-0.1, -0.05) is 35.9 Å².